The van der Waals surface area contributed by atoms with Gasteiger partial charge < -0.3 is 15.6 Å². The third kappa shape index (κ3) is 6.57. The molecular weight excluding hydrogens is 533 g/mol. The zero-order chi connectivity index (χ0) is 28.5. The molecule has 0 saturated carbocycles. The van der Waals surface area contributed by atoms with Gasteiger partial charge in [0.1, 0.15) is 17.8 Å². The lowest BCUT2D eigenvalue weighted by Gasteiger charge is -2.24. The maximum absolute atomic E-state index is 13.1. The number of aliphatic hydroxyl groups excluding tert-OH is 1. The highest BCUT2D eigenvalue weighted by Gasteiger charge is 2.40. The molecule has 8 nitrogen and oxygen atoms in total. The quantitative estimate of drug-likeness (QED) is 0.325. The lowest BCUT2D eigenvalue weighted by atomic mass is 9.87. The van der Waals surface area contributed by atoms with Crippen LogP contribution in [0.2, 0.25) is 0 Å². The number of nitrogens with one attached hydrogen (secondary N) is 1. The van der Waals surface area contributed by atoms with Crippen LogP contribution in [0.5, 0.6) is 11.6 Å². The van der Waals surface area contributed by atoms with Gasteiger partial charge >= 0.3 is 6.18 Å². The molecule has 1 aliphatic carbocycles. The summed E-state index contributed by atoms with van der Waals surface area (Å²) in [5, 5.41) is 10.6. The minimum absolute atomic E-state index is 0.00943. The maximum Gasteiger partial charge on any atom is 0.392 e. The number of aromatic nitrogens is 2. The molecule has 39 heavy (non-hydrogen) atoms. The number of nitrogen functional groups attached to an aromatic ring is 1. The molecule has 0 radical (unpaired) electrons. The Kier molecular flexibility index (Phi) is 8.01. The van der Waals surface area contributed by atoms with E-state index in [-0.39, 0.29) is 41.5 Å². The molecule has 2 atom stereocenters. The number of aryl methyl sites for hydroxylation is 3. The van der Waals surface area contributed by atoms with Gasteiger partial charge in [-0.15, -0.1) is 0 Å². The van der Waals surface area contributed by atoms with Crippen LogP contribution < -0.4 is 15.2 Å². The largest absolute Gasteiger partial charge is 0.438 e. The third-order valence-electron chi connectivity index (χ3n) is 6.48. The first-order valence-electron chi connectivity index (χ1n) is 12.2. The number of hydrogen-bond donors (Lipinski definition) is 3. The number of aliphatic hydroxyl groups is 1. The molecule has 1 aliphatic rings. The van der Waals surface area contributed by atoms with Gasteiger partial charge in [-0.3, -0.25) is 0 Å². The first-order chi connectivity index (χ1) is 18.2. The second kappa shape index (κ2) is 10.9. The zero-order valence-corrected chi connectivity index (χ0v) is 22.4. The van der Waals surface area contributed by atoms with E-state index in [1.807, 2.05) is 32.9 Å². The van der Waals surface area contributed by atoms with Crippen molar-refractivity contribution in [1.29, 1.82) is 0 Å². The van der Waals surface area contributed by atoms with Crippen LogP contribution in [0, 0.1) is 26.7 Å². The van der Waals surface area contributed by atoms with E-state index in [0.29, 0.717) is 17.0 Å². The Hall–Kier alpha value is -3.48. The molecule has 208 valence electrons. The number of hydrogen-bond acceptors (Lipinski definition) is 7. The summed E-state index contributed by atoms with van der Waals surface area (Å²) in [4.78, 5) is 8.31. The van der Waals surface area contributed by atoms with Crippen molar-refractivity contribution < 1.29 is 31.4 Å². The van der Waals surface area contributed by atoms with Gasteiger partial charge in [-0.05, 0) is 81.0 Å². The zero-order valence-electron chi connectivity index (χ0n) is 21.6. The predicted octanol–water partition coefficient (Wildman–Crippen LogP) is 5.49. The lowest BCUT2D eigenvalue weighted by Crippen LogP contribution is -2.29. The van der Waals surface area contributed by atoms with E-state index in [9.17, 15) is 26.7 Å². The van der Waals surface area contributed by atoms with E-state index >= 15 is 0 Å². The Labute approximate surface area is 224 Å². The number of allylic oxidation sites excluding steroid dienone is 2. The summed E-state index contributed by atoms with van der Waals surface area (Å²) >= 11 is 0. The average molecular weight is 563 g/mol. The molecule has 0 aliphatic heterocycles. The molecule has 3 aromatic rings. The van der Waals surface area contributed by atoms with Crippen LogP contribution in [0.4, 0.5) is 19.0 Å². The summed E-state index contributed by atoms with van der Waals surface area (Å²) in [6, 6.07) is 10.8. The van der Waals surface area contributed by atoms with Crippen LogP contribution in [0.3, 0.4) is 0 Å². The Morgan fingerprint density at radius 3 is 2.38 bits per heavy atom. The summed E-state index contributed by atoms with van der Waals surface area (Å²) in [6.07, 6.45) is -4.61. The predicted molar refractivity (Wildman–Crippen MR) is 140 cm³/mol. The number of rotatable bonds is 7. The summed E-state index contributed by atoms with van der Waals surface area (Å²) in [6.45, 7) is 5.61. The van der Waals surface area contributed by atoms with E-state index < -0.39 is 28.3 Å². The molecule has 0 amide bonds. The fourth-order valence-electron chi connectivity index (χ4n) is 4.56. The van der Waals surface area contributed by atoms with Crippen molar-refractivity contribution in [3.63, 3.8) is 0 Å². The van der Waals surface area contributed by atoms with Crippen molar-refractivity contribution in [3.05, 3.63) is 76.5 Å². The molecule has 2 heterocycles. The van der Waals surface area contributed by atoms with E-state index in [2.05, 4.69) is 14.7 Å². The highest BCUT2D eigenvalue weighted by atomic mass is 32.2. The van der Waals surface area contributed by atoms with E-state index in [0.717, 1.165) is 16.7 Å². The Bertz CT molecular complexity index is 1500. The van der Waals surface area contributed by atoms with Gasteiger partial charge in [0.2, 0.25) is 5.88 Å². The van der Waals surface area contributed by atoms with Gasteiger partial charge in [0.15, 0.2) is 5.03 Å². The van der Waals surface area contributed by atoms with Gasteiger partial charge in [0, 0.05) is 0 Å². The van der Waals surface area contributed by atoms with E-state index in [1.165, 1.54) is 36.4 Å². The van der Waals surface area contributed by atoms with Gasteiger partial charge in [-0.25, -0.2) is 18.4 Å². The second-order valence-corrected chi connectivity index (χ2v) is 11.2. The number of sulfonamides is 1. The molecular formula is C27H29F3N4O4S. The number of alkyl halides is 3. The number of anilines is 1. The average Bonchev–Trinajstić information content (AvgIpc) is 2.85. The smallest absolute Gasteiger partial charge is 0.392 e. The first-order valence-corrected chi connectivity index (χ1v) is 13.7. The molecule has 0 spiro atoms. The number of ether oxygens (including phenoxy) is 1. The Morgan fingerprint density at radius 1 is 1.10 bits per heavy atom. The van der Waals surface area contributed by atoms with Crippen molar-refractivity contribution in [2.75, 3.05) is 5.73 Å². The summed E-state index contributed by atoms with van der Waals surface area (Å²) in [7, 11) is -4.28. The number of nitrogens with two attached hydrogens (primary N) is 1. The Balaban J connectivity index is 1.72. The van der Waals surface area contributed by atoms with Crippen molar-refractivity contribution >= 4 is 21.4 Å². The summed E-state index contributed by atoms with van der Waals surface area (Å²) < 4.78 is 73.4. The van der Waals surface area contributed by atoms with Crippen LogP contribution in [0.1, 0.15) is 53.4 Å². The van der Waals surface area contributed by atoms with Crippen LogP contribution in [0.15, 0.2) is 53.6 Å². The van der Waals surface area contributed by atoms with Gasteiger partial charge in [0.25, 0.3) is 10.0 Å². The molecule has 2 aromatic heterocycles. The molecule has 2 unspecified atom stereocenters. The second-order valence-electron chi connectivity index (χ2n) is 9.59. The lowest BCUT2D eigenvalue weighted by molar-refractivity contribution is -0.175. The Morgan fingerprint density at radius 2 is 1.79 bits per heavy atom. The number of benzene rings is 1. The van der Waals surface area contributed by atoms with Gasteiger partial charge in [0.05, 0.1) is 17.2 Å². The van der Waals surface area contributed by atoms with Crippen LogP contribution in [-0.4, -0.2) is 29.7 Å². The van der Waals surface area contributed by atoms with E-state index in [4.69, 9.17) is 10.5 Å². The monoisotopic (exact) mass is 562 g/mol. The van der Waals surface area contributed by atoms with Crippen LogP contribution >= 0.6 is 0 Å². The maximum atomic E-state index is 13.1. The summed E-state index contributed by atoms with van der Waals surface area (Å²) in [5.74, 6) is -1.04. The molecule has 0 saturated heterocycles. The number of nitrogens with zero attached hydrogens (tertiary/aromatic N) is 2. The van der Waals surface area contributed by atoms with Crippen molar-refractivity contribution in [1.82, 2.24) is 14.7 Å². The molecule has 12 heteroatoms. The molecule has 1 aromatic carbocycles. The minimum atomic E-state index is -4.28. The fourth-order valence-corrected chi connectivity index (χ4v) is 5.58. The first kappa shape index (κ1) is 28.5. The van der Waals surface area contributed by atoms with Gasteiger partial charge in [-0.2, -0.15) is 17.9 Å². The molecule has 0 bridgehead atoms. The minimum Gasteiger partial charge on any atom is -0.438 e. The number of halogens is 3. The highest BCUT2D eigenvalue weighted by Crippen LogP contribution is 2.40. The van der Waals surface area contributed by atoms with E-state index in [1.54, 1.807) is 0 Å². The third-order valence-corrected chi connectivity index (χ3v) is 7.79. The SMILES string of the molecule is Cc1cc(C)c(Oc2nc(C3=CCC(C(F)(F)F)CC3)ccc2C(O)NS(=O)(=O)c2cccc(N)n2)c(C)c1. The fraction of sp³-hybridized carbons (Fsp3) is 0.333. The highest BCUT2D eigenvalue weighted by molar-refractivity contribution is 7.89. The van der Waals surface area contributed by atoms with Crippen molar-refractivity contribution in [2.24, 2.45) is 5.92 Å². The topological polar surface area (TPSA) is 127 Å². The normalized spacial score (nSPS) is 17.0. The molecule has 4 N–H and O–H groups in total. The van der Waals surface area contributed by atoms with Crippen LogP contribution in [0.25, 0.3) is 5.57 Å². The van der Waals surface area contributed by atoms with Crippen LogP contribution in [-0.2, 0) is 10.0 Å². The molecule has 4 rings (SSSR count). The van der Waals surface area contributed by atoms with Crippen molar-refractivity contribution in [3.8, 4) is 11.6 Å². The summed E-state index contributed by atoms with van der Waals surface area (Å²) in [5.41, 5.74) is 9.19. The van der Waals surface area contributed by atoms with Crippen molar-refractivity contribution in [2.45, 2.75) is 57.5 Å². The molecule has 0 fully saturated rings. The number of pyridine rings is 2. The standard InChI is InChI=1S/C27H29F3N4O4S/c1-15-13-16(2)24(17(3)14-15)38-26-20(25(35)34-39(36,37)23-6-4-5-22(31)33-23)11-12-21(32-26)18-7-9-19(10-8-18)27(28,29)30/h4-7,11-14,19,25,34-35H,8-10H2,1-3H3,(H2,31,33). The van der Waals surface area contributed by atoms with Gasteiger partial charge in [-0.1, -0.05) is 29.8 Å².